The van der Waals surface area contributed by atoms with Crippen LogP contribution in [0.5, 0.6) is 5.75 Å². The summed E-state index contributed by atoms with van der Waals surface area (Å²) in [6, 6.07) is 17.2. The summed E-state index contributed by atoms with van der Waals surface area (Å²) in [6.45, 7) is 3.29. The number of hydrogen-bond donors (Lipinski definition) is 2. The van der Waals surface area contributed by atoms with Gasteiger partial charge in [0.15, 0.2) is 0 Å². The largest absolute Gasteiger partial charge is 0.495 e. The Morgan fingerprint density at radius 3 is 2.35 bits per heavy atom. The first-order valence-corrected chi connectivity index (χ1v) is 11.3. The molecule has 1 fully saturated rings. The molecule has 34 heavy (non-hydrogen) atoms. The lowest BCUT2D eigenvalue weighted by Gasteiger charge is -2.34. The van der Waals surface area contributed by atoms with Gasteiger partial charge in [0.2, 0.25) is 5.78 Å². The number of quaternary nitrogens is 1. The van der Waals surface area contributed by atoms with Crippen LogP contribution in [-0.2, 0) is 13.6 Å². The number of ether oxygens (including phenoxy) is 1. The molecule has 1 aromatic heterocycles. The van der Waals surface area contributed by atoms with Gasteiger partial charge in [-0.3, -0.25) is 18.7 Å². The third-order valence-corrected chi connectivity index (χ3v) is 6.35. The fraction of sp³-hybridized carbons (Fsp3) is 0.320. The third kappa shape index (κ3) is 4.60. The predicted octanol–water partition coefficient (Wildman–Crippen LogP) is -0.226. The summed E-state index contributed by atoms with van der Waals surface area (Å²) in [5, 5.41) is 0. The monoisotopic (exact) mass is 464 g/mol. The zero-order chi connectivity index (χ0) is 24.2. The molecule has 178 valence electrons. The fourth-order valence-corrected chi connectivity index (χ4v) is 4.41. The lowest BCUT2D eigenvalue weighted by atomic mass is 10.1. The van der Waals surface area contributed by atoms with Crippen molar-refractivity contribution in [2.45, 2.75) is 6.54 Å². The summed E-state index contributed by atoms with van der Waals surface area (Å²) in [6.07, 6.45) is 0. The Labute approximate surface area is 197 Å². The number of rotatable bonds is 7. The molecule has 0 unspecified atom stereocenters. The highest BCUT2D eigenvalue weighted by atomic mass is 16.5. The van der Waals surface area contributed by atoms with E-state index in [-0.39, 0.29) is 30.3 Å². The number of aromatic nitrogens is 2. The van der Waals surface area contributed by atoms with E-state index in [2.05, 4.69) is 4.90 Å². The molecule has 3 aromatic rings. The topological polar surface area (TPSA) is 104 Å². The molecule has 2 heterocycles. The maximum atomic E-state index is 13.2. The van der Waals surface area contributed by atoms with E-state index in [1.807, 2.05) is 54.6 Å². The highest BCUT2D eigenvalue weighted by Crippen LogP contribution is 2.27. The second-order valence-electron chi connectivity index (χ2n) is 8.49. The molecule has 0 radical (unpaired) electrons. The van der Waals surface area contributed by atoms with E-state index in [0.29, 0.717) is 0 Å². The number of hydrogen-bond acceptors (Lipinski definition) is 6. The van der Waals surface area contributed by atoms with Gasteiger partial charge in [-0.15, -0.1) is 0 Å². The second-order valence-corrected chi connectivity index (χ2v) is 8.49. The van der Waals surface area contributed by atoms with E-state index in [1.54, 1.807) is 7.11 Å². The van der Waals surface area contributed by atoms with Crippen molar-refractivity contribution in [2.24, 2.45) is 7.05 Å². The first-order chi connectivity index (χ1) is 16.4. The van der Waals surface area contributed by atoms with E-state index < -0.39 is 11.2 Å². The summed E-state index contributed by atoms with van der Waals surface area (Å²) in [7, 11) is 3.03. The van der Waals surface area contributed by atoms with Crippen LogP contribution in [0, 0.1) is 0 Å². The Kier molecular flexibility index (Phi) is 6.83. The van der Waals surface area contributed by atoms with Gasteiger partial charge in [0, 0.05) is 7.05 Å². The summed E-state index contributed by atoms with van der Waals surface area (Å²) in [4.78, 5) is 42.1. The molecule has 0 amide bonds. The van der Waals surface area contributed by atoms with Crippen LogP contribution in [0.3, 0.4) is 0 Å². The first kappa shape index (κ1) is 23.3. The first-order valence-electron chi connectivity index (χ1n) is 11.3. The van der Waals surface area contributed by atoms with Crippen LogP contribution in [0.2, 0.25) is 0 Å². The van der Waals surface area contributed by atoms with Crippen molar-refractivity contribution < 1.29 is 14.4 Å². The van der Waals surface area contributed by atoms with Gasteiger partial charge in [-0.25, -0.2) is 4.79 Å². The zero-order valence-electron chi connectivity index (χ0n) is 19.5. The molecular weight excluding hydrogens is 434 g/mol. The number of carbonyl (C=O) groups is 1. The van der Waals surface area contributed by atoms with Crippen LogP contribution < -0.4 is 31.5 Å². The van der Waals surface area contributed by atoms with Crippen LogP contribution in [0.1, 0.15) is 15.9 Å². The highest BCUT2D eigenvalue weighted by Gasteiger charge is 2.28. The number of methoxy groups -OCH3 is 1. The normalized spacial score (nSPS) is 14.2. The zero-order valence-corrected chi connectivity index (χ0v) is 19.5. The van der Waals surface area contributed by atoms with E-state index in [1.165, 1.54) is 11.6 Å². The Balaban J connectivity index is 1.51. The van der Waals surface area contributed by atoms with Crippen molar-refractivity contribution in [3.8, 4) is 5.75 Å². The van der Waals surface area contributed by atoms with Gasteiger partial charge in [-0.2, -0.15) is 0 Å². The van der Waals surface area contributed by atoms with Crippen LogP contribution in [0.4, 0.5) is 11.5 Å². The van der Waals surface area contributed by atoms with Crippen molar-refractivity contribution in [1.29, 1.82) is 0 Å². The smallest absolute Gasteiger partial charge is 0.332 e. The lowest BCUT2D eigenvalue weighted by Crippen LogP contribution is -3.15. The number of benzene rings is 2. The Hall–Kier alpha value is -3.85. The second kappa shape index (κ2) is 9.96. The van der Waals surface area contributed by atoms with Crippen molar-refractivity contribution in [1.82, 2.24) is 9.13 Å². The Morgan fingerprint density at radius 1 is 1.03 bits per heavy atom. The minimum atomic E-state index is -0.649. The van der Waals surface area contributed by atoms with Gasteiger partial charge in [-0.05, 0) is 17.7 Å². The molecule has 3 N–H and O–H groups in total. The predicted molar refractivity (Wildman–Crippen MR) is 131 cm³/mol. The maximum Gasteiger partial charge on any atom is 0.332 e. The van der Waals surface area contributed by atoms with Crippen molar-refractivity contribution in [3.05, 3.63) is 86.6 Å². The van der Waals surface area contributed by atoms with E-state index in [9.17, 15) is 14.4 Å². The van der Waals surface area contributed by atoms with Crippen molar-refractivity contribution in [2.75, 3.05) is 50.5 Å². The molecule has 9 heteroatoms. The summed E-state index contributed by atoms with van der Waals surface area (Å²) >= 11 is 0. The summed E-state index contributed by atoms with van der Waals surface area (Å²) in [5.74, 6) is 0.397. The van der Waals surface area contributed by atoms with Gasteiger partial charge >= 0.3 is 5.69 Å². The standard InChI is InChI=1S/C25H29N5O4/c1-27-24(32)22(23(26)30(25(27)33)16-18-8-4-3-5-9-18)20(31)17-28-12-14-29(15-13-28)19-10-6-7-11-21(19)34-2/h3-11H,12-17,26H2,1-2H3/p+1. The number of nitrogens with two attached hydrogens (primary N) is 1. The molecule has 1 aliphatic rings. The van der Waals surface area contributed by atoms with E-state index >= 15 is 0 Å². The van der Waals surface area contributed by atoms with E-state index in [4.69, 9.17) is 10.5 Å². The lowest BCUT2D eigenvalue weighted by molar-refractivity contribution is -0.892. The molecule has 0 spiro atoms. The van der Waals surface area contributed by atoms with Crippen molar-refractivity contribution in [3.63, 3.8) is 0 Å². The van der Waals surface area contributed by atoms with Crippen LogP contribution in [-0.4, -0.2) is 54.8 Å². The van der Waals surface area contributed by atoms with Gasteiger partial charge in [-0.1, -0.05) is 42.5 Å². The summed E-state index contributed by atoms with van der Waals surface area (Å²) in [5.41, 5.74) is 6.81. The average Bonchev–Trinajstić information content (AvgIpc) is 2.86. The van der Waals surface area contributed by atoms with Gasteiger partial charge < -0.3 is 20.3 Å². The van der Waals surface area contributed by atoms with Gasteiger partial charge in [0.25, 0.3) is 5.56 Å². The number of piperazine rings is 1. The Bertz CT molecular complexity index is 1290. The summed E-state index contributed by atoms with van der Waals surface area (Å²) < 4.78 is 7.72. The molecule has 0 bridgehead atoms. The van der Waals surface area contributed by atoms with Crippen molar-refractivity contribution >= 4 is 17.3 Å². The van der Waals surface area contributed by atoms with Crippen LogP contribution in [0.25, 0.3) is 0 Å². The molecule has 9 nitrogen and oxygen atoms in total. The molecular formula is C25H30N5O4+. The van der Waals surface area contributed by atoms with E-state index in [0.717, 1.165) is 52.6 Å². The molecule has 0 aliphatic carbocycles. The molecule has 4 rings (SSSR count). The fourth-order valence-electron chi connectivity index (χ4n) is 4.41. The molecule has 2 aromatic carbocycles. The number of para-hydroxylation sites is 2. The number of ketones is 1. The van der Waals surface area contributed by atoms with Crippen LogP contribution in [0.15, 0.2) is 64.2 Å². The maximum absolute atomic E-state index is 13.2. The SMILES string of the molecule is COc1ccccc1N1CC[NH+](CC(=O)c2c(N)n(Cc3ccccc3)c(=O)n(C)c2=O)CC1. The van der Waals surface area contributed by atoms with Gasteiger partial charge in [0.05, 0.1) is 45.5 Å². The molecule has 0 saturated carbocycles. The number of Topliss-reactive ketones (excluding diaryl/α,β-unsaturated/α-hetero) is 1. The molecule has 1 aliphatic heterocycles. The molecule has 0 atom stereocenters. The number of nitrogen functional groups attached to an aromatic ring is 1. The number of carbonyl (C=O) groups excluding carboxylic acids is 1. The quantitative estimate of drug-likeness (QED) is 0.469. The minimum Gasteiger partial charge on any atom is -0.495 e. The average molecular weight is 465 g/mol. The van der Waals surface area contributed by atoms with Crippen LogP contribution >= 0.6 is 0 Å². The number of nitrogens with one attached hydrogen (secondary N) is 1. The number of nitrogens with zero attached hydrogens (tertiary/aromatic N) is 3. The highest BCUT2D eigenvalue weighted by molar-refractivity contribution is 6.00. The minimum absolute atomic E-state index is 0.0750. The molecule has 1 saturated heterocycles. The number of anilines is 2. The van der Waals surface area contributed by atoms with Gasteiger partial charge in [0.1, 0.15) is 23.7 Å². The Morgan fingerprint density at radius 2 is 1.68 bits per heavy atom. The third-order valence-electron chi connectivity index (χ3n) is 6.35.